The van der Waals surface area contributed by atoms with Crippen LogP contribution in [-0.2, 0) is 0 Å². The zero-order valence-corrected chi connectivity index (χ0v) is 12.0. The number of nitrogens with one attached hydrogen (secondary N) is 1. The standard InChI is InChI=1S/C17H24N2/c1-13-6-3-4-8-17(13)12-19-14(2)16-9-5-7-15(10-16)11-18/h5,7,9-10,13-14,17,19H,3-4,6,8,12H2,1-2H3. The molecule has 3 atom stereocenters. The third-order valence-corrected chi connectivity index (χ3v) is 4.49. The number of nitrogens with zero attached hydrogens (tertiary/aromatic N) is 1. The van der Waals surface area contributed by atoms with Gasteiger partial charge in [0.25, 0.3) is 0 Å². The molecule has 0 radical (unpaired) electrons. The Morgan fingerprint density at radius 1 is 1.37 bits per heavy atom. The first kappa shape index (κ1) is 14.1. The van der Waals surface area contributed by atoms with E-state index in [4.69, 9.17) is 5.26 Å². The fourth-order valence-electron chi connectivity index (χ4n) is 3.02. The van der Waals surface area contributed by atoms with Crippen molar-refractivity contribution >= 4 is 0 Å². The summed E-state index contributed by atoms with van der Waals surface area (Å²) in [6.45, 7) is 5.66. The van der Waals surface area contributed by atoms with Gasteiger partial charge in [0, 0.05) is 6.04 Å². The normalized spacial score (nSPS) is 24.7. The number of hydrogen-bond donors (Lipinski definition) is 1. The fraction of sp³-hybridized carbons (Fsp3) is 0.588. The van der Waals surface area contributed by atoms with Gasteiger partial charge in [0.2, 0.25) is 0 Å². The molecule has 0 aliphatic heterocycles. The van der Waals surface area contributed by atoms with Gasteiger partial charge in [0.05, 0.1) is 11.6 Å². The largest absolute Gasteiger partial charge is 0.310 e. The van der Waals surface area contributed by atoms with Gasteiger partial charge in [-0.25, -0.2) is 0 Å². The minimum Gasteiger partial charge on any atom is -0.310 e. The molecule has 2 nitrogen and oxygen atoms in total. The van der Waals surface area contributed by atoms with Gasteiger partial charge in [0.1, 0.15) is 0 Å². The molecule has 1 fully saturated rings. The summed E-state index contributed by atoms with van der Waals surface area (Å²) in [6.07, 6.45) is 5.52. The lowest BCUT2D eigenvalue weighted by Crippen LogP contribution is -2.31. The summed E-state index contributed by atoms with van der Waals surface area (Å²) in [5.74, 6) is 1.66. The molecule has 2 heteroatoms. The molecule has 0 aromatic heterocycles. The lowest BCUT2D eigenvalue weighted by Gasteiger charge is -2.30. The highest BCUT2D eigenvalue weighted by Gasteiger charge is 2.21. The van der Waals surface area contributed by atoms with E-state index in [1.807, 2.05) is 18.2 Å². The average molecular weight is 256 g/mol. The summed E-state index contributed by atoms with van der Waals surface area (Å²) in [6, 6.07) is 10.4. The number of hydrogen-bond acceptors (Lipinski definition) is 2. The van der Waals surface area contributed by atoms with Gasteiger partial charge in [-0.2, -0.15) is 5.26 Å². The van der Waals surface area contributed by atoms with Gasteiger partial charge in [-0.05, 0) is 49.4 Å². The molecule has 1 N–H and O–H groups in total. The molecule has 0 heterocycles. The predicted octanol–water partition coefficient (Wildman–Crippen LogP) is 4.04. The summed E-state index contributed by atoms with van der Waals surface area (Å²) in [7, 11) is 0. The lowest BCUT2D eigenvalue weighted by molar-refractivity contribution is 0.242. The second kappa shape index (κ2) is 6.73. The summed E-state index contributed by atoms with van der Waals surface area (Å²) < 4.78 is 0. The van der Waals surface area contributed by atoms with E-state index in [1.165, 1.54) is 31.2 Å². The quantitative estimate of drug-likeness (QED) is 0.882. The average Bonchev–Trinajstić information content (AvgIpc) is 2.46. The van der Waals surface area contributed by atoms with Crippen LogP contribution >= 0.6 is 0 Å². The maximum absolute atomic E-state index is 8.94. The molecule has 1 aliphatic carbocycles. The molecule has 3 unspecified atom stereocenters. The molecule has 1 saturated carbocycles. The maximum atomic E-state index is 8.94. The fourth-order valence-corrected chi connectivity index (χ4v) is 3.02. The molecule has 19 heavy (non-hydrogen) atoms. The van der Waals surface area contributed by atoms with Crippen molar-refractivity contribution in [2.24, 2.45) is 11.8 Å². The van der Waals surface area contributed by atoms with Crippen molar-refractivity contribution < 1.29 is 0 Å². The van der Waals surface area contributed by atoms with Crippen LogP contribution in [-0.4, -0.2) is 6.54 Å². The van der Waals surface area contributed by atoms with Crippen LogP contribution in [0.5, 0.6) is 0 Å². The van der Waals surface area contributed by atoms with Crippen molar-refractivity contribution in [3.05, 3.63) is 35.4 Å². The monoisotopic (exact) mass is 256 g/mol. The summed E-state index contributed by atoms with van der Waals surface area (Å²) in [4.78, 5) is 0. The van der Waals surface area contributed by atoms with Gasteiger partial charge >= 0.3 is 0 Å². The van der Waals surface area contributed by atoms with E-state index in [-0.39, 0.29) is 0 Å². The Bertz CT molecular complexity index is 447. The molecule has 1 aliphatic rings. The van der Waals surface area contributed by atoms with Crippen LogP contribution in [0.4, 0.5) is 0 Å². The number of benzene rings is 1. The van der Waals surface area contributed by atoms with Crippen molar-refractivity contribution in [1.82, 2.24) is 5.32 Å². The zero-order chi connectivity index (χ0) is 13.7. The molecule has 0 bridgehead atoms. The minimum atomic E-state index is 0.322. The maximum Gasteiger partial charge on any atom is 0.0991 e. The summed E-state index contributed by atoms with van der Waals surface area (Å²) >= 11 is 0. The minimum absolute atomic E-state index is 0.322. The van der Waals surface area contributed by atoms with E-state index in [0.717, 1.165) is 23.9 Å². The third kappa shape index (κ3) is 3.81. The Hall–Kier alpha value is -1.33. The van der Waals surface area contributed by atoms with E-state index in [2.05, 4.69) is 31.3 Å². The first-order chi connectivity index (χ1) is 9.20. The second-order valence-electron chi connectivity index (χ2n) is 5.89. The van der Waals surface area contributed by atoms with Gasteiger partial charge in [-0.15, -0.1) is 0 Å². The third-order valence-electron chi connectivity index (χ3n) is 4.49. The molecule has 2 rings (SSSR count). The Morgan fingerprint density at radius 3 is 2.89 bits per heavy atom. The van der Waals surface area contributed by atoms with Crippen LogP contribution in [0.3, 0.4) is 0 Å². The van der Waals surface area contributed by atoms with Crippen LogP contribution < -0.4 is 5.32 Å². The molecule has 0 spiro atoms. The number of nitriles is 1. The van der Waals surface area contributed by atoms with Crippen LogP contribution in [0.1, 0.15) is 56.7 Å². The van der Waals surface area contributed by atoms with Gasteiger partial charge in [-0.3, -0.25) is 0 Å². The van der Waals surface area contributed by atoms with Crippen molar-refractivity contribution in [1.29, 1.82) is 5.26 Å². The zero-order valence-electron chi connectivity index (χ0n) is 12.0. The molecule has 0 saturated heterocycles. The molecule has 1 aromatic carbocycles. The van der Waals surface area contributed by atoms with Crippen molar-refractivity contribution in [3.8, 4) is 6.07 Å². The van der Waals surface area contributed by atoms with Crippen molar-refractivity contribution in [2.75, 3.05) is 6.54 Å². The topological polar surface area (TPSA) is 35.8 Å². The summed E-state index contributed by atoms with van der Waals surface area (Å²) in [5.41, 5.74) is 1.96. The van der Waals surface area contributed by atoms with E-state index < -0.39 is 0 Å². The molecule has 0 amide bonds. The van der Waals surface area contributed by atoms with Gasteiger partial charge < -0.3 is 5.32 Å². The van der Waals surface area contributed by atoms with Gasteiger partial charge in [0.15, 0.2) is 0 Å². The number of rotatable bonds is 4. The lowest BCUT2D eigenvalue weighted by atomic mass is 9.80. The Labute approximate surface area is 116 Å². The van der Waals surface area contributed by atoms with E-state index in [9.17, 15) is 0 Å². The molecule has 1 aromatic rings. The highest BCUT2D eigenvalue weighted by Crippen LogP contribution is 2.29. The second-order valence-corrected chi connectivity index (χ2v) is 5.89. The first-order valence-electron chi connectivity index (χ1n) is 7.44. The van der Waals surface area contributed by atoms with Crippen LogP contribution in [0, 0.1) is 23.2 Å². The highest BCUT2D eigenvalue weighted by molar-refractivity contribution is 5.34. The molecule has 102 valence electrons. The Balaban J connectivity index is 1.90. The highest BCUT2D eigenvalue weighted by atomic mass is 14.9. The summed E-state index contributed by atoms with van der Waals surface area (Å²) in [5, 5.41) is 12.6. The van der Waals surface area contributed by atoms with Crippen LogP contribution in [0.25, 0.3) is 0 Å². The van der Waals surface area contributed by atoms with Crippen molar-refractivity contribution in [3.63, 3.8) is 0 Å². The van der Waals surface area contributed by atoms with E-state index in [1.54, 1.807) is 0 Å². The van der Waals surface area contributed by atoms with Gasteiger partial charge in [-0.1, -0.05) is 38.3 Å². The molecular formula is C17H24N2. The van der Waals surface area contributed by atoms with E-state index >= 15 is 0 Å². The Morgan fingerprint density at radius 2 is 2.16 bits per heavy atom. The first-order valence-corrected chi connectivity index (χ1v) is 7.44. The van der Waals surface area contributed by atoms with E-state index in [0.29, 0.717) is 6.04 Å². The Kier molecular flexibility index (Phi) is 4.99. The van der Waals surface area contributed by atoms with Crippen LogP contribution in [0.2, 0.25) is 0 Å². The molecular weight excluding hydrogens is 232 g/mol. The van der Waals surface area contributed by atoms with Crippen LogP contribution in [0.15, 0.2) is 24.3 Å². The SMILES string of the molecule is CC(NCC1CCCCC1C)c1cccc(C#N)c1. The smallest absolute Gasteiger partial charge is 0.0991 e. The van der Waals surface area contributed by atoms with Crippen molar-refractivity contribution in [2.45, 2.75) is 45.6 Å². The predicted molar refractivity (Wildman–Crippen MR) is 78.7 cm³/mol.